The van der Waals surface area contributed by atoms with Crippen LogP contribution in [-0.4, -0.2) is 24.2 Å². The zero-order chi connectivity index (χ0) is 21.8. The van der Waals surface area contributed by atoms with Crippen LogP contribution >= 0.6 is 31.9 Å². The fourth-order valence-corrected chi connectivity index (χ4v) is 3.80. The monoisotopic (exact) mass is 544 g/mol. The van der Waals surface area contributed by atoms with Crippen LogP contribution in [0.2, 0.25) is 0 Å². The van der Waals surface area contributed by atoms with Crippen LogP contribution in [0.3, 0.4) is 0 Å². The highest BCUT2D eigenvalue weighted by Gasteiger charge is 2.19. The number of carbonyl (C=O) groups is 1. The summed E-state index contributed by atoms with van der Waals surface area (Å²) in [5.41, 5.74) is 6.01. The first-order chi connectivity index (χ1) is 15.0. The SMILES string of the molecule is O=C(Nc1cccc(F)c1)ONC1=Nc2ccc(Br)cc2C(c2ccccc2Br)=NC1. The van der Waals surface area contributed by atoms with E-state index in [0.717, 1.165) is 25.8 Å². The highest BCUT2D eigenvalue weighted by Crippen LogP contribution is 2.30. The average Bonchev–Trinajstić information content (AvgIpc) is 2.92. The lowest BCUT2D eigenvalue weighted by Crippen LogP contribution is -2.31. The zero-order valence-electron chi connectivity index (χ0n) is 15.9. The van der Waals surface area contributed by atoms with Crippen molar-refractivity contribution in [2.24, 2.45) is 9.98 Å². The Kier molecular flexibility index (Phi) is 6.43. The van der Waals surface area contributed by atoms with Gasteiger partial charge < -0.3 is 4.84 Å². The molecule has 0 aromatic heterocycles. The largest absolute Gasteiger partial charge is 0.435 e. The molecule has 0 bridgehead atoms. The first-order valence-corrected chi connectivity index (χ1v) is 10.7. The Morgan fingerprint density at radius 3 is 2.65 bits per heavy atom. The molecule has 3 aromatic carbocycles. The third-order valence-corrected chi connectivity index (χ3v) is 5.50. The zero-order valence-corrected chi connectivity index (χ0v) is 19.1. The van der Waals surface area contributed by atoms with E-state index in [0.29, 0.717) is 11.5 Å². The first kappa shape index (κ1) is 21.2. The molecule has 1 aliphatic heterocycles. The molecule has 0 radical (unpaired) electrons. The van der Waals surface area contributed by atoms with Crippen molar-refractivity contribution in [1.29, 1.82) is 0 Å². The number of nitrogens with one attached hydrogen (secondary N) is 2. The number of hydrogen-bond donors (Lipinski definition) is 2. The second kappa shape index (κ2) is 9.40. The normalized spacial score (nSPS) is 12.7. The van der Waals surface area contributed by atoms with E-state index in [1.54, 1.807) is 6.07 Å². The number of halogens is 3. The second-order valence-corrected chi connectivity index (χ2v) is 8.26. The van der Waals surface area contributed by atoms with Gasteiger partial charge >= 0.3 is 6.09 Å². The number of amides is 1. The third-order valence-electron chi connectivity index (χ3n) is 4.32. The summed E-state index contributed by atoms with van der Waals surface area (Å²) >= 11 is 7.08. The van der Waals surface area contributed by atoms with Crippen LogP contribution < -0.4 is 10.8 Å². The highest BCUT2D eigenvalue weighted by molar-refractivity contribution is 9.10. The molecule has 6 nitrogen and oxygen atoms in total. The van der Waals surface area contributed by atoms with E-state index in [4.69, 9.17) is 9.83 Å². The molecule has 0 fully saturated rings. The van der Waals surface area contributed by atoms with Gasteiger partial charge in [-0.1, -0.05) is 56.1 Å². The summed E-state index contributed by atoms with van der Waals surface area (Å²) in [7, 11) is 0. The minimum Gasteiger partial charge on any atom is -0.323 e. The molecular formula is C22H15Br2FN4O2. The van der Waals surface area contributed by atoms with Gasteiger partial charge in [0.15, 0.2) is 5.84 Å². The highest BCUT2D eigenvalue weighted by atomic mass is 79.9. The van der Waals surface area contributed by atoms with E-state index in [-0.39, 0.29) is 12.2 Å². The van der Waals surface area contributed by atoms with E-state index in [1.807, 2.05) is 42.5 Å². The van der Waals surface area contributed by atoms with Crippen molar-refractivity contribution in [1.82, 2.24) is 5.48 Å². The van der Waals surface area contributed by atoms with Gasteiger partial charge in [-0.3, -0.25) is 10.3 Å². The summed E-state index contributed by atoms with van der Waals surface area (Å²) in [4.78, 5) is 26.4. The van der Waals surface area contributed by atoms with E-state index in [1.165, 1.54) is 18.2 Å². The number of aliphatic imine (C=N–C) groups is 2. The van der Waals surface area contributed by atoms with Gasteiger partial charge in [0.05, 0.1) is 11.4 Å². The summed E-state index contributed by atoms with van der Waals surface area (Å²) in [5.74, 6) is -0.115. The molecule has 0 saturated carbocycles. The van der Waals surface area contributed by atoms with Crippen LogP contribution in [0.15, 0.2) is 85.7 Å². The number of anilines is 1. The summed E-state index contributed by atoms with van der Waals surface area (Å²) in [6, 6.07) is 19.0. The molecule has 0 aliphatic carbocycles. The molecular weight excluding hydrogens is 531 g/mol. The number of benzene rings is 3. The van der Waals surface area contributed by atoms with Crippen LogP contribution in [0.4, 0.5) is 20.6 Å². The average molecular weight is 546 g/mol. The van der Waals surface area contributed by atoms with Crippen molar-refractivity contribution in [2.75, 3.05) is 11.9 Å². The molecule has 1 amide bonds. The van der Waals surface area contributed by atoms with E-state index in [2.05, 4.69) is 47.6 Å². The van der Waals surface area contributed by atoms with Crippen molar-refractivity contribution in [3.05, 3.63) is 92.6 Å². The molecule has 31 heavy (non-hydrogen) atoms. The number of hydroxylamine groups is 1. The minimum atomic E-state index is -0.802. The van der Waals surface area contributed by atoms with Gasteiger partial charge in [-0.05, 0) is 42.5 Å². The number of carbonyl (C=O) groups excluding carboxylic acids is 1. The van der Waals surface area contributed by atoms with Crippen LogP contribution in [0.25, 0.3) is 0 Å². The maximum atomic E-state index is 13.3. The Morgan fingerprint density at radius 2 is 1.84 bits per heavy atom. The van der Waals surface area contributed by atoms with Gasteiger partial charge in [0, 0.05) is 25.8 Å². The fraction of sp³-hybridized carbons (Fsp3) is 0.0455. The number of fused-ring (bicyclic) bond motifs is 1. The Hall–Kier alpha value is -3.04. The lowest BCUT2D eigenvalue weighted by atomic mass is 10.0. The van der Waals surface area contributed by atoms with Gasteiger partial charge in [-0.25, -0.2) is 19.7 Å². The summed E-state index contributed by atoms with van der Waals surface area (Å²) in [5, 5.41) is 2.44. The second-order valence-electron chi connectivity index (χ2n) is 6.49. The lowest BCUT2D eigenvalue weighted by Gasteiger charge is -2.10. The fourth-order valence-electron chi connectivity index (χ4n) is 2.97. The summed E-state index contributed by atoms with van der Waals surface area (Å²) in [6.07, 6.45) is -0.802. The van der Waals surface area contributed by atoms with E-state index < -0.39 is 11.9 Å². The quantitative estimate of drug-likeness (QED) is 0.389. The van der Waals surface area contributed by atoms with Gasteiger partial charge in [0.25, 0.3) is 0 Å². The molecule has 156 valence electrons. The standard InChI is InChI=1S/C22H15Br2FN4O2/c23-13-8-9-19-17(10-13)21(16-6-1-2-7-18(16)24)26-12-20(28-19)29-31-22(30)27-15-5-3-4-14(25)11-15/h1-11H,12H2,(H,27,30)(H,28,29). The van der Waals surface area contributed by atoms with Crippen molar-refractivity contribution >= 4 is 60.9 Å². The van der Waals surface area contributed by atoms with Gasteiger partial charge in [0.1, 0.15) is 12.4 Å². The maximum Gasteiger partial charge on any atom is 0.435 e. The van der Waals surface area contributed by atoms with E-state index >= 15 is 0 Å². The Bertz CT molecular complexity index is 1210. The van der Waals surface area contributed by atoms with Crippen LogP contribution in [0, 0.1) is 5.82 Å². The number of amidine groups is 1. The molecule has 0 atom stereocenters. The molecule has 0 unspecified atom stereocenters. The van der Waals surface area contributed by atoms with Gasteiger partial charge in [0.2, 0.25) is 0 Å². The Balaban J connectivity index is 1.56. The van der Waals surface area contributed by atoms with E-state index in [9.17, 15) is 9.18 Å². The van der Waals surface area contributed by atoms with Crippen LogP contribution in [0.1, 0.15) is 11.1 Å². The number of hydrogen-bond acceptors (Lipinski definition) is 5. The molecule has 1 aliphatic rings. The summed E-state index contributed by atoms with van der Waals surface area (Å²) < 4.78 is 15.1. The summed E-state index contributed by atoms with van der Waals surface area (Å²) in [6.45, 7) is 0.163. The molecule has 2 N–H and O–H groups in total. The van der Waals surface area contributed by atoms with Gasteiger partial charge in [-0.2, -0.15) is 0 Å². The van der Waals surface area contributed by atoms with Crippen molar-refractivity contribution in [3.63, 3.8) is 0 Å². The molecule has 0 saturated heterocycles. The third kappa shape index (κ3) is 5.18. The van der Waals surface area contributed by atoms with Gasteiger partial charge in [-0.15, -0.1) is 0 Å². The van der Waals surface area contributed by atoms with Crippen molar-refractivity contribution in [3.8, 4) is 0 Å². The number of rotatable bonds is 2. The Labute approximate surface area is 194 Å². The predicted molar refractivity (Wildman–Crippen MR) is 126 cm³/mol. The first-order valence-electron chi connectivity index (χ1n) is 9.16. The predicted octanol–water partition coefficient (Wildman–Crippen LogP) is 5.99. The van der Waals surface area contributed by atoms with Crippen molar-refractivity contribution < 1.29 is 14.0 Å². The van der Waals surface area contributed by atoms with Crippen LogP contribution in [0.5, 0.6) is 0 Å². The minimum absolute atomic E-state index is 0.163. The number of nitrogens with zero attached hydrogens (tertiary/aromatic N) is 2. The Morgan fingerprint density at radius 1 is 1.00 bits per heavy atom. The molecule has 9 heteroatoms. The topological polar surface area (TPSA) is 75.1 Å². The lowest BCUT2D eigenvalue weighted by molar-refractivity contribution is 0.134. The maximum absolute atomic E-state index is 13.3. The van der Waals surface area contributed by atoms with Crippen LogP contribution in [-0.2, 0) is 4.84 Å². The molecule has 3 aromatic rings. The van der Waals surface area contributed by atoms with Crippen molar-refractivity contribution in [2.45, 2.75) is 0 Å². The molecule has 4 rings (SSSR count). The molecule has 0 spiro atoms. The molecule has 1 heterocycles. The smallest absolute Gasteiger partial charge is 0.323 e.